The van der Waals surface area contributed by atoms with Gasteiger partial charge in [0.25, 0.3) is 11.8 Å². The molecule has 2 fully saturated rings. The number of amides is 2. The lowest BCUT2D eigenvalue weighted by molar-refractivity contribution is 0.0586. The molecule has 27 heavy (non-hydrogen) atoms. The summed E-state index contributed by atoms with van der Waals surface area (Å²) < 4.78 is 0. The highest BCUT2D eigenvalue weighted by molar-refractivity contribution is 5.98. The Labute approximate surface area is 163 Å². The van der Waals surface area contributed by atoms with E-state index >= 15 is 0 Å². The van der Waals surface area contributed by atoms with Gasteiger partial charge in [-0.05, 0) is 89.5 Å². The molecule has 4 heteroatoms. The molecule has 0 aromatic heterocycles. The molecular weight excluding hydrogens is 336 g/mol. The Hall–Kier alpha value is -1.84. The Balaban J connectivity index is 1.69. The van der Waals surface area contributed by atoms with E-state index in [1.165, 1.54) is 19.3 Å². The van der Waals surface area contributed by atoms with Gasteiger partial charge >= 0.3 is 0 Å². The molecule has 1 aromatic rings. The summed E-state index contributed by atoms with van der Waals surface area (Å²) in [7, 11) is 0. The molecule has 0 unspecified atom stereocenters. The summed E-state index contributed by atoms with van der Waals surface area (Å²) in [4.78, 5) is 27.7. The molecule has 0 radical (unpaired) electrons. The molecule has 0 atom stereocenters. The maximum absolute atomic E-state index is 13.2. The van der Waals surface area contributed by atoms with Gasteiger partial charge in [-0.1, -0.05) is 13.3 Å². The second-order valence-electron chi connectivity index (χ2n) is 9.31. The summed E-state index contributed by atoms with van der Waals surface area (Å²) in [6.45, 7) is 8.16. The highest BCUT2D eigenvalue weighted by Gasteiger charge is 2.39. The van der Waals surface area contributed by atoms with Crippen molar-refractivity contribution in [2.24, 2.45) is 5.92 Å². The van der Waals surface area contributed by atoms with Gasteiger partial charge in [0.05, 0.1) is 0 Å². The quantitative estimate of drug-likeness (QED) is 0.810. The number of carbonyl (C=O) groups excluding carboxylic acids is 2. The zero-order valence-electron chi connectivity index (χ0n) is 17.3. The predicted molar refractivity (Wildman–Crippen MR) is 109 cm³/mol. The van der Waals surface area contributed by atoms with Gasteiger partial charge in [0.1, 0.15) is 0 Å². The molecule has 2 aliphatic rings. The molecule has 0 saturated heterocycles. The first kappa shape index (κ1) is 19.9. The molecular formula is C23H34N2O2. The van der Waals surface area contributed by atoms with Crippen LogP contribution < -0.4 is 5.32 Å². The predicted octanol–water partition coefficient (Wildman–Crippen LogP) is 4.79. The lowest BCUT2D eigenvalue weighted by Crippen LogP contribution is -2.44. The summed E-state index contributed by atoms with van der Waals surface area (Å²) >= 11 is 0. The molecule has 1 aromatic carbocycles. The van der Waals surface area contributed by atoms with Gasteiger partial charge in [0.2, 0.25) is 0 Å². The molecule has 2 aliphatic carbocycles. The first-order valence-corrected chi connectivity index (χ1v) is 10.5. The van der Waals surface area contributed by atoms with Crippen molar-refractivity contribution in [3.05, 3.63) is 35.4 Å². The Bertz CT molecular complexity index is 663. The average molecular weight is 371 g/mol. The summed E-state index contributed by atoms with van der Waals surface area (Å²) in [5.41, 5.74) is 1.03. The van der Waals surface area contributed by atoms with Gasteiger partial charge in [-0.3, -0.25) is 9.59 Å². The fourth-order valence-electron chi connectivity index (χ4n) is 4.14. The van der Waals surface area contributed by atoms with Crippen molar-refractivity contribution in [3.8, 4) is 0 Å². The van der Waals surface area contributed by atoms with Crippen molar-refractivity contribution in [1.29, 1.82) is 0 Å². The van der Waals surface area contributed by atoms with Crippen LogP contribution in [-0.4, -0.2) is 34.3 Å². The van der Waals surface area contributed by atoms with Crippen molar-refractivity contribution in [3.63, 3.8) is 0 Å². The molecule has 2 saturated carbocycles. The minimum Gasteiger partial charge on any atom is -0.347 e. The van der Waals surface area contributed by atoms with E-state index in [-0.39, 0.29) is 17.4 Å². The van der Waals surface area contributed by atoms with Crippen LogP contribution in [0.2, 0.25) is 0 Å². The first-order chi connectivity index (χ1) is 12.8. The van der Waals surface area contributed by atoms with Crippen LogP contribution in [0.5, 0.6) is 0 Å². The number of rotatable bonds is 5. The fourth-order valence-corrected chi connectivity index (χ4v) is 4.14. The van der Waals surface area contributed by atoms with Crippen LogP contribution in [0, 0.1) is 5.92 Å². The van der Waals surface area contributed by atoms with Crippen molar-refractivity contribution in [1.82, 2.24) is 10.2 Å². The second kappa shape index (κ2) is 8.04. The molecule has 3 rings (SSSR count). The maximum atomic E-state index is 13.2. The van der Waals surface area contributed by atoms with Gasteiger partial charge < -0.3 is 10.2 Å². The number of carbonyl (C=O) groups is 2. The van der Waals surface area contributed by atoms with Gasteiger partial charge in [0.15, 0.2) is 0 Å². The molecule has 0 heterocycles. The van der Waals surface area contributed by atoms with Gasteiger partial charge in [0, 0.05) is 28.7 Å². The van der Waals surface area contributed by atoms with Crippen LogP contribution >= 0.6 is 0 Å². The van der Waals surface area contributed by atoms with E-state index in [9.17, 15) is 9.59 Å². The number of hydrogen-bond acceptors (Lipinski definition) is 2. The van der Waals surface area contributed by atoms with Crippen LogP contribution in [0.4, 0.5) is 0 Å². The average Bonchev–Trinajstić information content (AvgIpc) is 3.46. The number of benzene rings is 1. The smallest absolute Gasteiger partial charge is 0.254 e. The van der Waals surface area contributed by atoms with Crippen molar-refractivity contribution in [2.45, 2.75) is 90.3 Å². The van der Waals surface area contributed by atoms with Crippen LogP contribution in [0.3, 0.4) is 0 Å². The van der Waals surface area contributed by atoms with E-state index < -0.39 is 0 Å². The van der Waals surface area contributed by atoms with E-state index in [1.54, 1.807) is 12.1 Å². The van der Waals surface area contributed by atoms with Crippen LogP contribution in [0.1, 0.15) is 93.4 Å². The van der Waals surface area contributed by atoms with Crippen molar-refractivity contribution in [2.75, 3.05) is 0 Å². The fraction of sp³-hybridized carbons (Fsp3) is 0.652. The SMILES string of the molecule is CCC1CCC(N(C(=O)c2ccc(C(=O)NC(C)(C)C)cc2)C2CC2)CC1. The van der Waals surface area contributed by atoms with Gasteiger partial charge in [-0.25, -0.2) is 0 Å². The summed E-state index contributed by atoms with van der Waals surface area (Å²) in [5.74, 6) is 0.872. The monoisotopic (exact) mass is 370 g/mol. The normalized spacial score (nSPS) is 23.0. The Morgan fingerprint density at radius 3 is 1.85 bits per heavy atom. The Morgan fingerprint density at radius 2 is 1.41 bits per heavy atom. The molecule has 148 valence electrons. The third-order valence-corrected chi connectivity index (χ3v) is 5.84. The van der Waals surface area contributed by atoms with Crippen molar-refractivity contribution < 1.29 is 9.59 Å². The largest absolute Gasteiger partial charge is 0.347 e. The standard InChI is InChI=1S/C23H34N2O2/c1-5-16-6-12-19(13-7-16)25(20-14-15-20)22(27)18-10-8-17(9-11-18)21(26)24-23(2,3)4/h8-11,16,19-20H,5-7,12-15H2,1-4H3,(H,24,26). The zero-order chi connectivity index (χ0) is 19.6. The van der Waals surface area contributed by atoms with Crippen LogP contribution in [0.25, 0.3) is 0 Å². The second-order valence-corrected chi connectivity index (χ2v) is 9.31. The molecule has 0 bridgehead atoms. The van der Waals surface area contributed by atoms with Gasteiger partial charge in [-0.15, -0.1) is 0 Å². The minimum absolute atomic E-state index is 0.0987. The summed E-state index contributed by atoms with van der Waals surface area (Å²) in [5, 5.41) is 2.96. The Morgan fingerprint density at radius 1 is 0.926 bits per heavy atom. The van der Waals surface area contributed by atoms with Gasteiger partial charge in [-0.2, -0.15) is 0 Å². The molecule has 1 N–H and O–H groups in total. The first-order valence-electron chi connectivity index (χ1n) is 10.5. The molecule has 2 amide bonds. The van der Waals surface area contributed by atoms with E-state index in [4.69, 9.17) is 0 Å². The summed E-state index contributed by atoms with van der Waals surface area (Å²) in [6.07, 6.45) is 8.26. The highest BCUT2D eigenvalue weighted by Crippen LogP contribution is 2.37. The highest BCUT2D eigenvalue weighted by atomic mass is 16.2. The van der Waals surface area contributed by atoms with E-state index in [2.05, 4.69) is 17.1 Å². The van der Waals surface area contributed by atoms with Crippen LogP contribution in [-0.2, 0) is 0 Å². The lowest BCUT2D eigenvalue weighted by Gasteiger charge is -2.37. The molecule has 4 nitrogen and oxygen atoms in total. The van der Waals surface area contributed by atoms with Crippen molar-refractivity contribution >= 4 is 11.8 Å². The third kappa shape index (κ3) is 5.12. The molecule has 0 spiro atoms. The van der Waals surface area contributed by atoms with E-state index in [1.807, 2.05) is 32.9 Å². The third-order valence-electron chi connectivity index (χ3n) is 5.84. The minimum atomic E-state index is -0.272. The topological polar surface area (TPSA) is 49.4 Å². The van der Waals surface area contributed by atoms with E-state index in [0.29, 0.717) is 23.2 Å². The number of nitrogens with zero attached hydrogens (tertiary/aromatic N) is 1. The number of hydrogen-bond donors (Lipinski definition) is 1. The number of nitrogens with one attached hydrogen (secondary N) is 1. The maximum Gasteiger partial charge on any atom is 0.254 e. The summed E-state index contributed by atoms with van der Waals surface area (Å²) in [6, 6.07) is 7.97. The Kier molecular flexibility index (Phi) is 5.92. The lowest BCUT2D eigenvalue weighted by atomic mass is 9.83. The van der Waals surface area contributed by atoms with Crippen LogP contribution in [0.15, 0.2) is 24.3 Å². The zero-order valence-corrected chi connectivity index (χ0v) is 17.3. The van der Waals surface area contributed by atoms with E-state index in [0.717, 1.165) is 31.6 Å². The molecule has 0 aliphatic heterocycles.